The number of para-hydroxylation sites is 1. The summed E-state index contributed by atoms with van der Waals surface area (Å²) in [5.74, 6) is -1.84. The van der Waals surface area contributed by atoms with E-state index >= 15 is 0 Å². The minimum Gasteiger partial charge on any atom is -0.352 e. The summed E-state index contributed by atoms with van der Waals surface area (Å²) in [5, 5.41) is 7.84. The molecule has 3 N–H and O–H groups in total. The molecule has 0 spiro atoms. The number of hydrogen-bond acceptors (Lipinski definition) is 3. The molecule has 0 aromatic heterocycles. The van der Waals surface area contributed by atoms with Gasteiger partial charge >= 0.3 is 11.8 Å². The number of hydrogen-bond donors (Lipinski definition) is 3. The number of carbonyl (C=O) groups excluding carboxylic acids is 3. The third-order valence-corrected chi connectivity index (χ3v) is 3.59. The smallest absolute Gasteiger partial charge is 0.313 e. The standard InChI is InChI=1S/C20H23N3O3/c1-14(2)22-19(25)20(26)23-17-11-7-6-10-16(17)18(24)21-13-12-15-8-4-3-5-9-15/h3-11,14H,12-13H2,1-2H3,(H,21,24)(H,22,25)(H,23,26). The fourth-order valence-corrected chi connectivity index (χ4v) is 2.36. The predicted molar refractivity (Wildman–Crippen MR) is 101 cm³/mol. The van der Waals surface area contributed by atoms with E-state index in [1.807, 2.05) is 30.3 Å². The minimum atomic E-state index is -0.803. The zero-order chi connectivity index (χ0) is 18.9. The molecule has 0 fully saturated rings. The quantitative estimate of drug-likeness (QED) is 0.695. The van der Waals surface area contributed by atoms with Crippen LogP contribution in [0.5, 0.6) is 0 Å². The van der Waals surface area contributed by atoms with Crippen LogP contribution >= 0.6 is 0 Å². The molecule has 0 atom stereocenters. The van der Waals surface area contributed by atoms with Crippen LogP contribution in [0.25, 0.3) is 0 Å². The summed E-state index contributed by atoms with van der Waals surface area (Å²) in [4.78, 5) is 36.1. The molecule has 0 saturated heterocycles. The van der Waals surface area contributed by atoms with Crippen LogP contribution in [0.1, 0.15) is 29.8 Å². The molecule has 0 radical (unpaired) electrons. The van der Waals surface area contributed by atoms with Crippen LogP contribution in [-0.4, -0.2) is 30.3 Å². The molecule has 136 valence electrons. The second kappa shape index (κ2) is 9.36. The SMILES string of the molecule is CC(C)NC(=O)C(=O)Nc1ccccc1C(=O)NCCc1ccccc1. The minimum absolute atomic E-state index is 0.148. The summed E-state index contributed by atoms with van der Waals surface area (Å²) in [6, 6.07) is 16.3. The van der Waals surface area contributed by atoms with Crippen molar-refractivity contribution in [2.75, 3.05) is 11.9 Å². The lowest BCUT2D eigenvalue weighted by atomic mass is 10.1. The Labute approximate surface area is 153 Å². The average Bonchev–Trinajstić information content (AvgIpc) is 2.62. The molecule has 6 nitrogen and oxygen atoms in total. The van der Waals surface area contributed by atoms with Gasteiger partial charge in [-0.1, -0.05) is 42.5 Å². The Bertz CT molecular complexity index is 773. The highest BCUT2D eigenvalue weighted by molar-refractivity contribution is 6.40. The molecule has 3 amide bonds. The van der Waals surface area contributed by atoms with Gasteiger partial charge in [0.1, 0.15) is 0 Å². The summed E-state index contributed by atoms with van der Waals surface area (Å²) in [6.07, 6.45) is 0.706. The first-order valence-corrected chi connectivity index (χ1v) is 8.50. The van der Waals surface area contributed by atoms with Crippen molar-refractivity contribution in [1.82, 2.24) is 10.6 Å². The Morgan fingerprint density at radius 3 is 2.23 bits per heavy atom. The van der Waals surface area contributed by atoms with Gasteiger partial charge in [-0.2, -0.15) is 0 Å². The van der Waals surface area contributed by atoms with Crippen molar-refractivity contribution in [3.63, 3.8) is 0 Å². The van der Waals surface area contributed by atoms with Gasteiger partial charge < -0.3 is 16.0 Å². The number of anilines is 1. The summed E-state index contributed by atoms with van der Waals surface area (Å²) in [7, 11) is 0. The molecule has 0 aliphatic heterocycles. The van der Waals surface area contributed by atoms with Crippen molar-refractivity contribution in [3.05, 3.63) is 65.7 Å². The van der Waals surface area contributed by atoms with E-state index in [4.69, 9.17) is 0 Å². The zero-order valence-corrected chi connectivity index (χ0v) is 14.9. The van der Waals surface area contributed by atoms with Gasteiger partial charge in [0, 0.05) is 12.6 Å². The molecule has 0 aliphatic carbocycles. The van der Waals surface area contributed by atoms with E-state index in [0.29, 0.717) is 24.2 Å². The number of benzene rings is 2. The Morgan fingerprint density at radius 2 is 1.54 bits per heavy atom. The van der Waals surface area contributed by atoms with Crippen molar-refractivity contribution >= 4 is 23.4 Å². The molecule has 0 saturated carbocycles. The van der Waals surface area contributed by atoms with Gasteiger partial charge in [0.05, 0.1) is 11.3 Å². The third-order valence-electron chi connectivity index (χ3n) is 3.59. The Hall–Kier alpha value is -3.15. The highest BCUT2D eigenvalue weighted by Gasteiger charge is 2.18. The first kappa shape index (κ1) is 19.2. The van der Waals surface area contributed by atoms with E-state index in [9.17, 15) is 14.4 Å². The summed E-state index contributed by atoms with van der Waals surface area (Å²) < 4.78 is 0. The van der Waals surface area contributed by atoms with Crippen molar-refractivity contribution in [2.45, 2.75) is 26.3 Å². The number of carbonyl (C=O) groups is 3. The fraction of sp³-hybridized carbons (Fsp3) is 0.250. The Balaban J connectivity index is 1.97. The van der Waals surface area contributed by atoms with E-state index in [1.54, 1.807) is 38.1 Å². The lowest BCUT2D eigenvalue weighted by Crippen LogP contribution is -2.39. The van der Waals surface area contributed by atoms with Gasteiger partial charge in [-0.15, -0.1) is 0 Å². The lowest BCUT2D eigenvalue weighted by molar-refractivity contribution is -0.136. The molecule has 2 rings (SSSR count). The molecule has 6 heteroatoms. The van der Waals surface area contributed by atoms with E-state index in [2.05, 4.69) is 16.0 Å². The predicted octanol–water partition coefficient (Wildman–Crippen LogP) is 2.12. The lowest BCUT2D eigenvalue weighted by Gasteiger charge is -2.12. The summed E-state index contributed by atoms with van der Waals surface area (Å²) in [5.41, 5.74) is 1.74. The largest absolute Gasteiger partial charge is 0.352 e. The van der Waals surface area contributed by atoms with E-state index in [0.717, 1.165) is 5.56 Å². The van der Waals surface area contributed by atoms with Gasteiger partial charge in [-0.25, -0.2) is 0 Å². The topological polar surface area (TPSA) is 87.3 Å². The summed E-state index contributed by atoms with van der Waals surface area (Å²) >= 11 is 0. The third kappa shape index (κ3) is 5.73. The number of amides is 3. The molecular weight excluding hydrogens is 330 g/mol. The van der Waals surface area contributed by atoms with Crippen LogP contribution in [0.15, 0.2) is 54.6 Å². The highest BCUT2D eigenvalue weighted by Crippen LogP contribution is 2.15. The van der Waals surface area contributed by atoms with Gasteiger partial charge in [0.25, 0.3) is 5.91 Å². The van der Waals surface area contributed by atoms with Crippen molar-refractivity contribution in [2.24, 2.45) is 0 Å². The van der Waals surface area contributed by atoms with Crippen molar-refractivity contribution < 1.29 is 14.4 Å². The average molecular weight is 353 g/mol. The normalized spacial score (nSPS) is 10.3. The van der Waals surface area contributed by atoms with E-state index in [1.165, 1.54) is 0 Å². The zero-order valence-electron chi connectivity index (χ0n) is 14.9. The Kier molecular flexibility index (Phi) is 6.91. The van der Waals surface area contributed by atoms with Crippen LogP contribution in [0.2, 0.25) is 0 Å². The van der Waals surface area contributed by atoms with Crippen LogP contribution in [0.4, 0.5) is 5.69 Å². The van der Waals surface area contributed by atoms with Crippen LogP contribution in [-0.2, 0) is 16.0 Å². The second-order valence-electron chi connectivity index (χ2n) is 6.12. The molecule has 2 aromatic carbocycles. The maximum absolute atomic E-state index is 12.4. The summed E-state index contributed by atoms with van der Waals surface area (Å²) in [6.45, 7) is 4.00. The molecule has 2 aromatic rings. The van der Waals surface area contributed by atoms with Gasteiger partial charge in [-0.3, -0.25) is 14.4 Å². The van der Waals surface area contributed by atoms with Gasteiger partial charge in [0.2, 0.25) is 0 Å². The molecule has 0 unspecified atom stereocenters. The first-order chi connectivity index (χ1) is 12.5. The Morgan fingerprint density at radius 1 is 0.885 bits per heavy atom. The molecular formula is C20H23N3O3. The maximum Gasteiger partial charge on any atom is 0.313 e. The van der Waals surface area contributed by atoms with E-state index in [-0.39, 0.29) is 11.9 Å². The fourth-order valence-electron chi connectivity index (χ4n) is 2.36. The van der Waals surface area contributed by atoms with Crippen LogP contribution < -0.4 is 16.0 Å². The molecule has 0 heterocycles. The number of nitrogens with one attached hydrogen (secondary N) is 3. The highest BCUT2D eigenvalue weighted by atomic mass is 16.2. The molecule has 0 aliphatic rings. The van der Waals surface area contributed by atoms with Crippen LogP contribution in [0.3, 0.4) is 0 Å². The van der Waals surface area contributed by atoms with Crippen molar-refractivity contribution in [3.8, 4) is 0 Å². The molecule has 0 bridgehead atoms. The van der Waals surface area contributed by atoms with E-state index < -0.39 is 11.8 Å². The first-order valence-electron chi connectivity index (χ1n) is 8.50. The van der Waals surface area contributed by atoms with Gasteiger partial charge in [-0.05, 0) is 38.0 Å². The number of rotatable bonds is 6. The maximum atomic E-state index is 12.4. The van der Waals surface area contributed by atoms with Gasteiger partial charge in [0.15, 0.2) is 0 Å². The van der Waals surface area contributed by atoms with Crippen LogP contribution in [0, 0.1) is 0 Å². The van der Waals surface area contributed by atoms with Crippen molar-refractivity contribution in [1.29, 1.82) is 0 Å². The molecule has 26 heavy (non-hydrogen) atoms. The monoisotopic (exact) mass is 353 g/mol. The second-order valence-corrected chi connectivity index (χ2v) is 6.12.